The normalized spacial score (nSPS) is 22.9. The van der Waals surface area contributed by atoms with Crippen LogP contribution < -0.4 is 0 Å². The first-order chi connectivity index (χ1) is 9.72. The SMILES string of the molecule is CO[C@H]1CC[C@H](OCCOCCOCCC(C)=O)CC1. The molecule has 0 spiro atoms. The molecule has 1 aliphatic carbocycles. The second kappa shape index (κ2) is 11.2. The third kappa shape index (κ3) is 8.64. The van der Waals surface area contributed by atoms with Gasteiger partial charge in [0.15, 0.2) is 0 Å². The molecule has 0 saturated heterocycles. The molecule has 0 aliphatic heterocycles. The molecule has 0 aromatic rings. The predicted octanol–water partition coefficient (Wildman–Crippen LogP) is 1.97. The van der Waals surface area contributed by atoms with Gasteiger partial charge in [-0.3, -0.25) is 4.79 Å². The number of carbonyl (C=O) groups is 1. The van der Waals surface area contributed by atoms with Crippen molar-refractivity contribution in [3.63, 3.8) is 0 Å². The van der Waals surface area contributed by atoms with Crippen LogP contribution in [-0.2, 0) is 23.7 Å². The van der Waals surface area contributed by atoms with Crippen molar-refractivity contribution in [1.29, 1.82) is 0 Å². The van der Waals surface area contributed by atoms with Gasteiger partial charge < -0.3 is 18.9 Å². The lowest BCUT2D eigenvalue weighted by atomic mass is 9.95. The van der Waals surface area contributed by atoms with Gasteiger partial charge in [-0.1, -0.05) is 0 Å². The van der Waals surface area contributed by atoms with Crippen molar-refractivity contribution in [3.05, 3.63) is 0 Å². The fourth-order valence-electron chi connectivity index (χ4n) is 2.25. The number of hydrogen-bond donors (Lipinski definition) is 0. The van der Waals surface area contributed by atoms with Crippen molar-refractivity contribution in [2.45, 2.75) is 51.2 Å². The Bertz CT molecular complexity index is 249. The predicted molar refractivity (Wildman–Crippen MR) is 75.9 cm³/mol. The van der Waals surface area contributed by atoms with E-state index in [9.17, 15) is 4.79 Å². The molecule has 0 amide bonds. The molecule has 0 N–H and O–H groups in total. The Hall–Kier alpha value is -0.490. The molecule has 0 radical (unpaired) electrons. The molecule has 0 heterocycles. The smallest absolute Gasteiger partial charge is 0.132 e. The number of carbonyl (C=O) groups excluding carboxylic acids is 1. The molecule has 0 atom stereocenters. The quantitative estimate of drug-likeness (QED) is 0.544. The fraction of sp³-hybridized carbons (Fsp3) is 0.933. The summed E-state index contributed by atoms with van der Waals surface area (Å²) in [6, 6.07) is 0. The maximum Gasteiger partial charge on any atom is 0.132 e. The summed E-state index contributed by atoms with van der Waals surface area (Å²) in [6.07, 6.45) is 5.58. The number of Topliss-reactive ketones (excluding diaryl/α,β-unsaturated/α-hetero) is 1. The summed E-state index contributed by atoms with van der Waals surface area (Å²) in [5.41, 5.74) is 0. The second-order valence-corrected chi connectivity index (χ2v) is 5.18. The van der Waals surface area contributed by atoms with Gasteiger partial charge in [-0.05, 0) is 32.6 Å². The molecular weight excluding hydrogens is 260 g/mol. The first-order valence-corrected chi connectivity index (χ1v) is 7.51. The number of ketones is 1. The molecule has 118 valence electrons. The first kappa shape index (κ1) is 17.6. The topological polar surface area (TPSA) is 54.0 Å². The molecule has 0 aromatic heterocycles. The highest BCUT2D eigenvalue weighted by Crippen LogP contribution is 2.22. The van der Waals surface area contributed by atoms with Crippen molar-refractivity contribution < 1.29 is 23.7 Å². The summed E-state index contributed by atoms with van der Waals surface area (Å²) in [5, 5.41) is 0. The molecular formula is C15H28O5. The Kier molecular flexibility index (Phi) is 9.83. The summed E-state index contributed by atoms with van der Waals surface area (Å²) in [7, 11) is 1.78. The largest absolute Gasteiger partial charge is 0.381 e. The van der Waals surface area contributed by atoms with Gasteiger partial charge in [-0.2, -0.15) is 0 Å². The molecule has 5 heteroatoms. The third-order valence-corrected chi connectivity index (χ3v) is 3.51. The van der Waals surface area contributed by atoms with Crippen LogP contribution in [-0.4, -0.2) is 58.1 Å². The zero-order valence-corrected chi connectivity index (χ0v) is 12.8. The van der Waals surface area contributed by atoms with Crippen LogP contribution in [0.1, 0.15) is 39.0 Å². The van der Waals surface area contributed by atoms with Crippen LogP contribution in [0.2, 0.25) is 0 Å². The first-order valence-electron chi connectivity index (χ1n) is 7.51. The van der Waals surface area contributed by atoms with E-state index < -0.39 is 0 Å². The number of hydrogen-bond acceptors (Lipinski definition) is 5. The zero-order valence-electron chi connectivity index (χ0n) is 12.8. The summed E-state index contributed by atoms with van der Waals surface area (Å²) in [5.74, 6) is 0.155. The summed E-state index contributed by atoms with van der Waals surface area (Å²) >= 11 is 0. The lowest BCUT2D eigenvalue weighted by Crippen LogP contribution is -2.26. The highest BCUT2D eigenvalue weighted by atomic mass is 16.5. The summed E-state index contributed by atoms with van der Waals surface area (Å²) in [6.45, 7) is 4.37. The van der Waals surface area contributed by atoms with E-state index in [-0.39, 0.29) is 5.78 Å². The lowest BCUT2D eigenvalue weighted by molar-refractivity contribution is -0.118. The van der Waals surface area contributed by atoms with E-state index >= 15 is 0 Å². The van der Waals surface area contributed by atoms with E-state index in [1.165, 1.54) is 0 Å². The Morgan fingerprint density at radius 2 is 1.45 bits per heavy atom. The Morgan fingerprint density at radius 3 is 2.05 bits per heavy atom. The van der Waals surface area contributed by atoms with Crippen molar-refractivity contribution in [3.8, 4) is 0 Å². The highest BCUT2D eigenvalue weighted by Gasteiger charge is 2.20. The maximum atomic E-state index is 10.7. The molecule has 1 saturated carbocycles. The van der Waals surface area contributed by atoms with Gasteiger partial charge in [0.25, 0.3) is 0 Å². The average molecular weight is 288 g/mol. The van der Waals surface area contributed by atoms with Gasteiger partial charge in [0.1, 0.15) is 5.78 Å². The van der Waals surface area contributed by atoms with Gasteiger partial charge >= 0.3 is 0 Å². The zero-order chi connectivity index (χ0) is 14.6. The van der Waals surface area contributed by atoms with Gasteiger partial charge in [-0.25, -0.2) is 0 Å². The molecule has 0 aromatic carbocycles. The second-order valence-electron chi connectivity index (χ2n) is 5.18. The standard InChI is InChI=1S/C15H28O5/c1-13(16)7-8-18-9-10-19-11-12-20-15-5-3-14(17-2)4-6-15/h14-15H,3-12H2,1-2H3/t14-,15-. The van der Waals surface area contributed by atoms with Crippen LogP contribution in [0.5, 0.6) is 0 Å². The van der Waals surface area contributed by atoms with E-state index in [0.29, 0.717) is 51.7 Å². The Labute approximate surface area is 121 Å². The van der Waals surface area contributed by atoms with E-state index in [1.54, 1.807) is 14.0 Å². The van der Waals surface area contributed by atoms with E-state index in [4.69, 9.17) is 18.9 Å². The van der Waals surface area contributed by atoms with Gasteiger partial charge in [-0.15, -0.1) is 0 Å². The van der Waals surface area contributed by atoms with Crippen LogP contribution >= 0.6 is 0 Å². The molecule has 20 heavy (non-hydrogen) atoms. The molecule has 0 unspecified atom stereocenters. The summed E-state index contributed by atoms with van der Waals surface area (Å²) < 4.78 is 21.8. The van der Waals surface area contributed by atoms with Gasteiger partial charge in [0.2, 0.25) is 0 Å². The van der Waals surface area contributed by atoms with Crippen LogP contribution in [0.25, 0.3) is 0 Å². The number of methoxy groups -OCH3 is 1. The van der Waals surface area contributed by atoms with Crippen LogP contribution in [0.15, 0.2) is 0 Å². The van der Waals surface area contributed by atoms with Gasteiger partial charge in [0, 0.05) is 13.5 Å². The van der Waals surface area contributed by atoms with Gasteiger partial charge in [0.05, 0.1) is 45.2 Å². The minimum atomic E-state index is 0.155. The monoisotopic (exact) mass is 288 g/mol. The average Bonchev–Trinajstić information content (AvgIpc) is 2.46. The number of rotatable bonds is 11. The number of ether oxygens (including phenoxy) is 4. The van der Waals surface area contributed by atoms with Crippen molar-refractivity contribution in [1.82, 2.24) is 0 Å². The van der Waals surface area contributed by atoms with E-state index in [0.717, 1.165) is 25.7 Å². The van der Waals surface area contributed by atoms with E-state index in [1.807, 2.05) is 0 Å². The minimum Gasteiger partial charge on any atom is -0.381 e. The van der Waals surface area contributed by atoms with E-state index in [2.05, 4.69) is 0 Å². The molecule has 1 fully saturated rings. The highest BCUT2D eigenvalue weighted by molar-refractivity contribution is 5.75. The fourth-order valence-corrected chi connectivity index (χ4v) is 2.25. The molecule has 5 nitrogen and oxygen atoms in total. The van der Waals surface area contributed by atoms with Crippen LogP contribution in [0.4, 0.5) is 0 Å². The van der Waals surface area contributed by atoms with Crippen molar-refractivity contribution in [2.75, 3.05) is 40.1 Å². The Balaban J connectivity index is 1.82. The Morgan fingerprint density at radius 1 is 0.900 bits per heavy atom. The molecule has 1 rings (SSSR count). The lowest BCUT2D eigenvalue weighted by Gasteiger charge is -2.27. The van der Waals surface area contributed by atoms with Crippen LogP contribution in [0, 0.1) is 0 Å². The molecule has 1 aliphatic rings. The minimum absolute atomic E-state index is 0.155. The van der Waals surface area contributed by atoms with Crippen molar-refractivity contribution >= 4 is 5.78 Å². The molecule has 0 bridgehead atoms. The van der Waals surface area contributed by atoms with Crippen LogP contribution in [0.3, 0.4) is 0 Å². The third-order valence-electron chi connectivity index (χ3n) is 3.51. The van der Waals surface area contributed by atoms with Crippen molar-refractivity contribution in [2.24, 2.45) is 0 Å². The maximum absolute atomic E-state index is 10.7. The summed E-state index contributed by atoms with van der Waals surface area (Å²) in [4.78, 5) is 10.7.